The summed E-state index contributed by atoms with van der Waals surface area (Å²) in [6, 6.07) is 0. The molecule has 0 saturated heterocycles. The summed E-state index contributed by atoms with van der Waals surface area (Å²) in [5.41, 5.74) is 4.34. The minimum absolute atomic E-state index is 0.319. The van der Waals surface area contributed by atoms with E-state index in [1.165, 1.54) is 0 Å². The number of carbonyl (C=O) groups excluding carboxylic acids is 1. The van der Waals surface area contributed by atoms with Crippen molar-refractivity contribution in [1.82, 2.24) is 0 Å². The van der Waals surface area contributed by atoms with E-state index in [4.69, 9.17) is 9.90 Å². The van der Waals surface area contributed by atoms with Gasteiger partial charge in [-0.05, 0) is 6.42 Å². The lowest BCUT2D eigenvalue weighted by atomic mass is 10.5. The minimum atomic E-state index is -0.639. The van der Waals surface area contributed by atoms with Crippen LogP contribution >= 0.6 is 12.6 Å². The van der Waals surface area contributed by atoms with E-state index in [-0.39, 0.29) is 0 Å². The van der Waals surface area contributed by atoms with Crippen molar-refractivity contribution in [1.29, 1.82) is 0 Å². The van der Waals surface area contributed by atoms with Crippen molar-refractivity contribution < 1.29 is 9.90 Å². The monoisotopic (exact) mass is 137 g/mol. The predicted octanol–water partition coefficient (Wildman–Crippen LogP) is 0.384. The lowest BCUT2D eigenvalue weighted by molar-refractivity contribution is 0.267. The molecule has 0 heterocycles. The molecule has 3 N–H and O–H groups in total. The number of rotatable bonds is 1. The van der Waals surface area contributed by atoms with Gasteiger partial charge in [-0.15, -0.1) is 0 Å². The number of nitrogens with two attached hydrogens (primary N) is 1. The summed E-state index contributed by atoms with van der Waals surface area (Å²) < 4.78 is 0. The maximum Gasteiger partial charge on any atom is 0.273 e. The van der Waals surface area contributed by atoms with Gasteiger partial charge < -0.3 is 10.8 Å². The first kappa shape index (κ1) is 10.7. The van der Waals surface area contributed by atoms with E-state index in [0.29, 0.717) is 6.61 Å². The van der Waals surface area contributed by atoms with Crippen LogP contribution < -0.4 is 5.73 Å². The zero-order chi connectivity index (χ0) is 6.99. The molecule has 0 bridgehead atoms. The van der Waals surface area contributed by atoms with Crippen molar-refractivity contribution in [2.45, 2.75) is 13.3 Å². The van der Waals surface area contributed by atoms with Crippen LogP contribution in [-0.4, -0.2) is 17.0 Å². The van der Waals surface area contributed by atoms with Crippen molar-refractivity contribution >= 4 is 17.9 Å². The molecule has 0 unspecified atom stereocenters. The molecule has 0 aromatic rings. The molecule has 0 aliphatic carbocycles. The van der Waals surface area contributed by atoms with Crippen LogP contribution in [0.2, 0.25) is 0 Å². The summed E-state index contributed by atoms with van der Waals surface area (Å²) in [7, 11) is 0. The number of primary amides is 1. The molecule has 4 heteroatoms. The van der Waals surface area contributed by atoms with Crippen molar-refractivity contribution in [2.24, 2.45) is 5.73 Å². The minimum Gasteiger partial charge on any atom is -0.396 e. The Bertz CT molecular complexity index is 52.0. The Kier molecular flexibility index (Phi) is 13.3. The summed E-state index contributed by atoms with van der Waals surface area (Å²) in [6.07, 6.45) is 0.875. The van der Waals surface area contributed by atoms with Crippen LogP contribution in [0, 0.1) is 0 Å². The highest BCUT2D eigenvalue weighted by molar-refractivity contribution is 7.96. The second-order valence-corrected chi connectivity index (χ2v) is 1.50. The normalized spacial score (nSPS) is 6.88. The second-order valence-electron chi connectivity index (χ2n) is 1.06. The number of carbonyl (C=O) groups is 1. The second kappa shape index (κ2) is 9.91. The number of thiol groups is 1. The van der Waals surface area contributed by atoms with Gasteiger partial charge in [0.05, 0.1) is 0 Å². The van der Waals surface area contributed by atoms with Gasteiger partial charge in [-0.3, -0.25) is 4.79 Å². The largest absolute Gasteiger partial charge is 0.396 e. The molecule has 50 valence electrons. The molecular formula is C4H11NO2S. The molecule has 3 nitrogen and oxygen atoms in total. The summed E-state index contributed by atoms with van der Waals surface area (Å²) in [5, 5.41) is 7.24. The Morgan fingerprint density at radius 3 is 2.00 bits per heavy atom. The molecule has 1 amide bonds. The number of aliphatic hydroxyl groups is 1. The average molecular weight is 137 g/mol. The fourth-order valence-electron chi connectivity index (χ4n) is 0. The molecule has 0 fully saturated rings. The summed E-state index contributed by atoms with van der Waals surface area (Å²) in [4.78, 5) is 9.09. The number of hydrogen-bond acceptors (Lipinski definition) is 2. The van der Waals surface area contributed by atoms with Crippen LogP contribution in [0.3, 0.4) is 0 Å². The molecule has 0 aliphatic rings. The maximum atomic E-state index is 9.09. The topological polar surface area (TPSA) is 63.3 Å². The Hall–Kier alpha value is -0.220. The smallest absolute Gasteiger partial charge is 0.273 e. The third-order valence-electron chi connectivity index (χ3n) is 0.224. The zero-order valence-corrected chi connectivity index (χ0v) is 5.69. The van der Waals surface area contributed by atoms with Crippen LogP contribution in [0.25, 0.3) is 0 Å². The standard InChI is InChI=1S/C3H8O.CH3NOS/c1-2-3-4;2-1(3)4/h4H,2-3H2,1H3;(H3,2,3,4). The van der Waals surface area contributed by atoms with E-state index >= 15 is 0 Å². The first-order valence-corrected chi connectivity index (χ1v) is 2.69. The van der Waals surface area contributed by atoms with Crippen molar-refractivity contribution in [2.75, 3.05) is 6.61 Å². The fourth-order valence-corrected chi connectivity index (χ4v) is 0. The van der Waals surface area contributed by atoms with Crippen LogP contribution in [0.15, 0.2) is 0 Å². The Morgan fingerprint density at radius 1 is 1.88 bits per heavy atom. The fraction of sp³-hybridized carbons (Fsp3) is 0.750. The SMILES string of the molecule is CCCO.NC(=O)S. The quantitative estimate of drug-likeness (QED) is 0.457. The van der Waals surface area contributed by atoms with E-state index in [9.17, 15) is 0 Å². The first-order valence-electron chi connectivity index (χ1n) is 2.24. The lowest BCUT2D eigenvalue weighted by Crippen LogP contribution is -1.95. The lowest BCUT2D eigenvalue weighted by Gasteiger charge is -1.69. The summed E-state index contributed by atoms with van der Waals surface area (Å²) >= 11 is 3.10. The Balaban J connectivity index is 0. The average Bonchev–Trinajstić information content (AvgIpc) is 1.65. The number of aliphatic hydroxyl groups excluding tert-OH is 1. The van der Waals surface area contributed by atoms with E-state index in [1.54, 1.807) is 0 Å². The number of hydrogen-bond donors (Lipinski definition) is 3. The highest BCUT2D eigenvalue weighted by Gasteiger charge is 1.63. The van der Waals surface area contributed by atoms with Gasteiger partial charge in [-0.1, -0.05) is 19.6 Å². The molecule has 0 aliphatic heterocycles. The van der Waals surface area contributed by atoms with Gasteiger partial charge >= 0.3 is 0 Å². The first-order chi connectivity index (χ1) is 3.65. The molecule has 0 radical (unpaired) electrons. The van der Waals surface area contributed by atoms with E-state index in [2.05, 4.69) is 18.4 Å². The van der Waals surface area contributed by atoms with Gasteiger partial charge in [0.2, 0.25) is 0 Å². The van der Waals surface area contributed by atoms with Gasteiger partial charge in [0, 0.05) is 6.61 Å². The van der Waals surface area contributed by atoms with Crippen molar-refractivity contribution in [3.05, 3.63) is 0 Å². The molecule has 0 saturated carbocycles. The van der Waals surface area contributed by atoms with Crippen LogP contribution in [0.1, 0.15) is 13.3 Å². The highest BCUT2D eigenvalue weighted by atomic mass is 32.1. The molecule has 0 aromatic carbocycles. The summed E-state index contributed by atoms with van der Waals surface area (Å²) in [5.74, 6) is 0. The molecule has 0 atom stereocenters. The molecule has 0 rings (SSSR count). The maximum absolute atomic E-state index is 9.09. The number of amides is 1. The van der Waals surface area contributed by atoms with E-state index in [1.807, 2.05) is 6.92 Å². The van der Waals surface area contributed by atoms with Crippen LogP contribution in [0.4, 0.5) is 4.79 Å². The third kappa shape index (κ3) is 217. The van der Waals surface area contributed by atoms with Gasteiger partial charge in [-0.2, -0.15) is 0 Å². The highest BCUT2D eigenvalue weighted by Crippen LogP contribution is 1.61. The van der Waals surface area contributed by atoms with Crippen LogP contribution in [0.5, 0.6) is 0 Å². The molecule has 0 aromatic heterocycles. The van der Waals surface area contributed by atoms with Crippen LogP contribution in [-0.2, 0) is 0 Å². The molecule has 8 heavy (non-hydrogen) atoms. The molecule has 0 spiro atoms. The van der Waals surface area contributed by atoms with E-state index < -0.39 is 5.24 Å². The zero-order valence-electron chi connectivity index (χ0n) is 4.79. The van der Waals surface area contributed by atoms with Gasteiger partial charge in [-0.25, -0.2) is 0 Å². The van der Waals surface area contributed by atoms with Gasteiger partial charge in [0.25, 0.3) is 5.24 Å². The van der Waals surface area contributed by atoms with Gasteiger partial charge in [0.15, 0.2) is 0 Å². The Morgan fingerprint density at radius 2 is 2.00 bits per heavy atom. The van der Waals surface area contributed by atoms with Crippen molar-refractivity contribution in [3.63, 3.8) is 0 Å². The summed E-state index contributed by atoms with van der Waals surface area (Å²) in [6.45, 7) is 2.25. The third-order valence-corrected chi connectivity index (χ3v) is 0.224. The van der Waals surface area contributed by atoms with Crippen molar-refractivity contribution in [3.8, 4) is 0 Å². The predicted molar refractivity (Wildman–Crippen MR) is 35.9 cm³/mol. The van der Waals surface area contributed by atoms with E-state index in [0.717, 1.165) is 6.42 Å². The van der Waals surface area contributed by atoms with Gasteiger partial charge in [0.1, 0.15) is 0 Å². The Labute approximate surface area is 54.3 Å². The molecular weight excluding hydrogens is 126 g/mol.